The van der Waals surface area contributed by atoms with Crippen LogP contribution < -0.4 is 5.32 Å². The van der Waals surface area contributed by atoms with Crippen molar-refractivity contribution in [2.45, 2.75) is 39.2 Å². The summed E-state index contributed by atoms with van der Waals surface area (Å²) in [7, 11) is 1.27. The fourth-order valence-electron chi connectivity index (χ4n) is 1.60. The largest absolute Gasteiger partial charge is 0.467 e. The minimum atomic E-state index is -1.14. The molecular weight excluding hydrogens is 280 g/mol. The summed E-state index contributed by atoms with van der Waals surface area (Å²) in [6, 6.07) is 1.68. The van der Waals surface area contributed by atoms with Crippen LogP contribution in [0.15, 0.2) is 12.3 Å². The van der Waals surface area contributed by atoms with Gasteiger partial charge in [-0.2, -0.15) is 0 Å². The van der Waals surface area contributed by atoms with Crippen LogP contribution >= 0.6 is 11.6 Å². The molecule has 1 N–H and O–H groups in total. The highest BCUT2D eigenvalue weighted by molar-refractivity contribution is 6.32. The average molecular weight is 299 g/mol. The Morgan fingerprint density at radius 2 is 2.00 bits per heavy atom. The zero-order valence-corrected chi connectivity index (χ0v) is 13.0. The molecule has 0 unspecified atom stereocenters. The number of hydrogen-bond acceptors (Lipinski definition) is 4. The molecule has 0 saturated carbocycles. The molecule has 0 spiro atoms. The highest BCUT2D eigenvalue weighted by atomic mass is 35.5. The Labute approximate surface area is 123 Å². The lowest BCUT2D eigenvalue weighted by Gasteiger charge is -2.23. The monoisotopic (exact) mass is 298 g/mol. The van der Waals surface area contributed by atoms with Gasteiger partial charge in [0, 0.05) is 6.20 Å². The molecule has 0 fully saturated rings. The molecule has 5 nitrogen and oxygen atoms in total. The van der Waals surface area contributed by atoms with Crippen LogP contribution in [-0.2, 0) is 9.53 Å². The Balaban J connectivity index is 3.04. The Morgan fingerprint density at radius 3 is 2.50 bits per heavy atom. The van der Waals surface area contributed by atoms with Crippen LogP contribution in [0.3, 0.4) is 0 Å². The summed E-state index contributed by atoms with van der Waals surface area (Å²) in [5.74, 6) is -0.768. The summed E-state index contributed by atoms with van der Waals surface area (Å²) >= 11 is 5.95. The quantitative estimate of drug-likeness (QED) is 0.685. The third-order valence-corrected chi connectivity index (χ3v) is 3.19. The first-order chi connectivity index (χ1) is 9.19. The number of pyridine rings is 1. The standard InChI is InChI=1S/C14H19ClN2O3/c1-8(2)9-6-10(11(15)16-7-9)12(18)17-14(3,4)13(19)20-5/h6-8H,1-5H3,(H,17,18). The number of hydrogen-bond donors (Lipinski definition) is 1. The Hall–Kier alpha value is -1.62. The van der Waals surface area contributed by atoms with Crippen molar-refractivity contribution in [1.29, 1.82) is 0 Å². The van der Waals surface area contributed by atoms with Gasteiger partial charge in [0.1, 0.15) is 10.7 Å². The van der Waals surface area contributed by atoms with Crippen molar-refractivity contribution in [2.75, 3.05) is 7.11 Å². The van der Waals surface area contributed by atoms with E-state index in [9.17, 15) is 9.59 Å². The van der Waals surface area contributed by atoms with Gasteiger partial charge in [0.2, 0.25) is 0 Å². The number of rotatable bonds is 4. The number of esters is 1. The minimum Gasteiger partial charge on any atom is -0.467 e. The molecule has 0 bridgehead atoms. The maximum atomic E-state index is 12.2. The zero-order chi connectivity index (χ0) is 15.5. The highest BCUT2D eigenvalue weighted by Crippen LogP contribution is 2.20. The van der Waals surface area contributed by atoms with Crippen molar-refractivity contribution in [3.8, 4) is 0 Å². The van der Waals surface area contributed by atoms with Crippen LogP contribution in [0.5, 0.6) is 0 Å². The van der Waals surface area contributed by atoms with Gasteiger partial charge in [-0.3, -0.25) is 4.79 Å². The molecule has 0 aromatic carbocycles. The third-order valence-electron chi connectivity index (χ3n) is 2.89. The Bertz CT molecular complexity index is 527. The summed E-state index contributed by atoms with van der Waals surface area (Å²) in [5, 5.41) is 2.70. The first-order valence-corrected chi connectivity index (χ1v) is 6.63. The van der Waals surface area contributed by atoms with Crippen molar-refractivity contribution in [3.05, 3.63) is 28.5 Å². The van der Waals surface area contributed by atoms with Gasteiger partial charge < -0.3 is 10.1 Å². The van der Waals surface area contributed by atoms with Gasteiger partial charge in [0.05, 0.1) is 12.7 Å². The molecule has 110 valence electrons. The van der Waals surface area contributed by atoms with Crippen molar-refractivity contribution in [3.63, 3.8) is 0 Å². The Morgan fingerprint density at radius 1 is 1.40 bits per heavy atom. The number of carbonyl (C=O) groups excluding carboxylic acids is 2. The summed E-state index contributed by atoms with van der Waals surface area (Å²) < 4.78 is 4.64. The van der Waals surface area contributed by atoms with Gasteiger partial charge in [-0.05, 0) is 31.4 Å². The number of amides is 1. The lowest BCUT2D eigenvalue weighted by molar-refractivity contribution is -0.146. The normalized spacial score (nSPS) is 11.3. The maximum absolute atomic E-state index is 12.2. The van der Waals surface area contributed by atoms with E-state index in [-0.39, 0.29) is 16.6 Å². The molecule has 1 rings (SSSR count). The van der Waals surface area contributed by atoms with Crippen LogP contribution in [0.2, 0.25) is 5.15 Å². The number of halogens is 1. The number of aromatic nitrogens is 1. The van der Waals surface area contributed by atoms with Crippen molar-refractivity contribution in [1.82, 2.24) is 10.3 Å². The molecule has 0 aliphatic heterocycles. The lowest BCUT2D eigenvalue weighted by Crippen LogP contribution is -2.50. The van der Waals surface area contributed by atoms with Crippen molar-refractivity contribution in [2.24, 2.45) is 0 Å². The number of nitrogens with one attached hydrogen (secondary N) is 1. The molecule has 0 aliphatic carbocycles. The Kier molecular flexibility index (Phi) is 5.11. The lowest BCUT2D eigenvalue weighted by atomic mass is 10.0. The molecule has 0 saturated heterocycles. The van der Waals surface area contributed by atoms with E-state index < -0.39 is 17.4 Å². The van der Waals surface area contributed by atoms with E-state index in [1.807, 2.05) is 13.8 Å². The number of nitrogens with zero attached hydrogens (tertiary/aromatic N) is 1. The molecule has 1 amide bonds. The predicted molar refractivity (Wildman–Crippen MR) is 76.9 cm³/mol. The van der Waals surface area contributed by atoms with E-state index >= 15 is 0 Å². The van der Waals surface area contributed by atoms with Gasteiger partial charge in [0.25, 0.3) is 5.91 Å². The number of carbonyl (C=O) groups is 2. The second-order valence-corrected chi connectivity index (χ2v) is 5.69. The summed E-state index contributed by atoms with van der Waals surface area (Å²) in [6.45, 7) is 7.10. The summed E-state index contributed by atoms with van der Waals surface area (Å²) in [4.78, 5) is 27.8. The average Bonchev–Trinajstić information content (AvgIpc) is 2.37. The molecule has 0 radical (unpaired) electrons. The highest BCUT2D eigenvalue weighted by Gasteiger charge is 2.31. The van der Waals surface area contributed by atoms with Crippen LogP contribution in [-0.4, -0.2) is 29.5 Å². The van der Waals surface area contributed by atoms with Crippen LogP contribution in [0, 0.1) is 0 Å². The number of ether oxygens (including phenoxy) is 1. The van der Waals surface area contributed by atoms with Crippen molar-refractivity contribution >= 4 is 23.5 Å². The van der Waals surface area contributed by atoms with E-state index in [1.165, 1.54) is 7.11 Å². The first-order valence-electron chi connectivity index (χ1n) is 6.25. The van der Waals surface area contributed by atoms with Gasteiger partial charge in [-0.15, -0.1) is 0 Å². The van der Waals surface area contributed by atoms with E-state index in [1.54, 1.807) is 26.1 Å². The second kappa shape index (κ2) is 6.22. The van der Waals surface area contributed by atoms with Gasteiger partial charge in [-0.25, -0.2) is 9.78 Å². The zero-order valence-electron chi connectivity index (χ0n) is 12.3. The minimum absolute atomic E-state index is 0.104. The third kappa shape index (κ3) is 3.70. The maximum Gasteiger partial charge on any atom is 0.330 e. The molecule has 1 heterocycles. The predicted octanol–water partition coefficient (Wildman–Crippen LogP) is 2.54. The molecule has 20 heavy (non-hydrogen) atoms. The van der Waals surface area contributed by atoms with Gasteiger partial charge in [0.15, 0.2) is 0 Å². The molecule has 0 atom stereocenters. The molecule has 0 aliphatic rings. The SMILES string of the molecule is COC(=O)C(C)(C)NC(=O)c1cc(C(C)C)cnc1Cl. The summed E-state index contributed by atoms with van der Waals surface area (Å²) in [6.07, 6.45) is 1.63. The van der Waals surface area contributed by atoms with E-state index in [0.29, 0.717) is 0 Å². The first kappa shape index (κ1) is 16.4. The molecule has 6 heteroatoms. The fraction of sp³-hybridized carbons (Fsp3) is 0.500. The second-order valence-electron chi connectivity index (χ2n) is 5.33. The van der Waals surface area contributed by atoms with E-state index in [4.69, 9.17) is 11.6 Å². The van der Waals surface area contributed by atoms with Crippen LogP contribution in [0.25, 0.3) is 0 Å². The van der Waals surface area contributed by atoms with Gasteiger partial charge in [-0.1, -0.05) is 25.4 Å². The van der Waals surface area contributed by atoms with Crippen LogP contribution in [0.1, 0.15) is 49.5 Å². The van der Waals surface area contributed by atoms with Crippen LogP contribution in [0.4, 0.5) is 0 Å². The van der Waals surface area contributed by atoms with E-state index in [2.05, 4.69) is 15.0 Å². The van der Waals surface area contributed by atoms with Gasteiger partial charge >= 0.3 is 5.97 Å². The fourth-order valence-corrected chi connectivity index (χ4v) is 1.79. The smallest absolute Gasteiger partial charge is 0.330 e. The molecule has 1 aromatic rings. The molecule has 1 aromatic heterocycles. The summed E-state index contributed by atoms with van der Waals surface area (Å²) in [5.41, 5.74) is 0.00785. The van der Waals surface area contributed by atoms with Crippen molar-refractivity contribution < 1.29 is 14.3 Å². The van der Waals surface area contributed by atoms with E-state index in [0.717, 1.165) is 5.56 Å². The molecular formula is C14H19ClN2O3. The number of methoxy groups -OCH3 is 1. The topological polar surface area (TPSA) is 68.3 Å².